The van der Waals surface area contributed by atoms with Crippen molar-refractivity contribution >= 4 is 6.21 Å². The van der Waals surface area contributed by atoms with Crippen LogP contribution in [0.5, 0.6) is 5.75 Å². The van der Waals surface area contributed by atoms with Gasteiger partial charge in [0.1, 0.15) is 5.75 Å². The Morgan fingerprint density at radius 2 is 2.15 bits per heavy atom. The fraction of sp³-hybridized carbons (Fsp3) is 0.300. The lowest BCUT2D eigenvalue weighted by Gasteiger charge is -2.00. The Morgan fingerprint density at radius 3 is 2.77 bits per heavy atom. The number of aliphatic imine (C=N–C) groups is 1. The van der Waals surface area contributed by atoms with Gasteiger partial charge in [0.25, 0.3) is 0 Å². The van der Waals surface area contributed by atoms with Gasteiger partial charge in [0.15, 0.2) is 0 Å². The topological polar surface area (TPSA) is 52.8 Å². The van der Waals surface area contributed by atoms with Crippen LogP contribution in [0.3, 0.4) is 0 Å². The SMILES string of the molecule is C[C@H](CO)/N=C/c1ccccc1O. The second kappa shape index (κ2) is 4.62. The van der Waals surface area contributed by atoms with Gasteiger partial charge in [0.05, 0.1) is 12.6 Å². The number of rotatable bonds is 3. The predicted octanol–water partition coefficient (Wildman–Crippen LogP) is 1.19. The van der Waals surface area contributed by atoms with Gasteiger partial charge in [-0.3, -0.25) is 4.99 Å². The molecule has 0 aliphatic heterocycles. The Bertz CT molecular complexity index is 297. The smallest absolute Gasteiger partial charge is 0.124 e. The molecule has 0 heterocycles. The van der Waals surface area contributed by atoms with Crippen LogP contribution in [0.25, 0.3) is 0 Å². The average Bonchev–Trinajstić information content (AvgIpc) is 2.16. The van der Waals surface area contributed by atoms with E-state index in [1.165, 1.54) is 0 Å². The average molecular weight is 179 g/mol. The summed E-state index contributed by atoms with van der Waals surface area (Å²) < 4.78 is 0. The van der Waals surface area contributed by atoms with Gasteiger partial charge in [0, 0.05) is 11.8 Å². The molecule has 0 aliphatic rings. The molecule has 0 fully saturated rings. The van der Waals surface area contributed by atoms with E-state index in [9.17, 15) is 5.11 Å². The summed E-state index contributed by atoms with van der Waals surface area (Å²) in [4.78, 5) is 4.04. The molecule has 3 nitrogen and oxygen atoms in total. The Balaban J connectivity index is 2.74. The van der Waals surface area contributed by atoms with Crippen molar-refractivity contribution in [2.24, 2.45) is 4.99 Å². The maximum absolute atomic E-state index is 9.34. The highest BCUT2D eigenvalue weighted by atomic mass is 16.3. The third-order valence-corrected chi connectivity index (χ3v) is 1.67. The second-order valence-corrected chi connectivity index (χ2v) is 2.87. The zero-order chi connectivity index (χ0) is 9.68. The van der Waals surface area contributed by atoms with Crippen LogP contribution >= 0.6 is 0 Å². The number of para-hydroxylation sites is 1. The van der Waals surface area contributed by atoms with E-state index in [1.54, 1.807) is 31.3 Å². The lowest BCUT2D eigenvalue weighted by molar-refractivity contribution is 0.275. The number of aromatic hydroxyl groups is 1. The van der Waals surface area contributed by atoms with Gasteiger partial charge in [-0.1, -0.05) is 12.1 Å². The molecule has 0 bridgehead atoms. The highest BCUT2D eigenvalue weighted by Gasteiger charge is 1.96. The molecular weight excluding hydrogens is 166 g/mol. The minimum atomic E-state index is -0.125. The molecule has 70 valence electrons. The molecule has 0 radical (unpaired) electrons. The lowest BCUT2D eigenvalue weighted by Crippen LogP contribution is -2.03. The van der Waals surface area contributed by atoms with E-state index in [0.717, 1.165) is 0 Å². The van der Waals surface area contributed by atoms with Crippen molar-refractivity contribution in [1.82, 2.24) is 0 Å². The third kappa shape index (κ3) is 2.87. The number of benzene rings is 1. The van der Waals surface area contributed by atoms with Gasteiger partial charge in [-0.2, -0.15) is 0 Å². The molecule has 1 atom stereocenters. The summed E-state index contributed by atoms with van der Waals surface area (Å²) >= 11 is 0. The molecule has 0 saturated carbocycles. The number of aliphatic hydroxyl groups excluding tert-OH is 1. The van der Waals surface area contributed by atoms with Crippen LogP contribution in [0.15, 0.2) is 29.3 Å². The molecule has 0 aromatic heterocycles. The second-order valence-electron chi connectivity index (χ2n) is 2.87. The monoisotopic (exact) mass is 179 g/mol. The zero-order valence-corrected chi connectivity index (χ0v) is 7.51. The van der Waals surface area contributed by atoms with Crippen LogP contribution in [-0.4, -0.2) is 29.1 Å². The Labute approximate surface area is 77.4 Å². The molecule has 1 aromatic carbocycles. The van der Waals surface area contributed by atoms with Gasteiger partial charge >= 0.3 is 0 Å². The minimum Gasteiger partial charge on any atom is -0.507 e. The summed E-state index contributed by atoms with van der Waals surface area (Å²) in [5.41, 5.74) is 0.669. The molecule has 2 N–H and O–H groups in total. The minimum absolute atomic E-state index is 0.0180. The number of phenols is 1. The van der Waals surface area contributed by atoms with E-state index in [1.807, 2.05) is 6.07 Å². The first-order valence-electron chi connectivity index (χ1n) is 4.16. The molecular formula is C10H13NO2. The van der Waals surface area contributed by atoms with Crippen molar-refractivity contribution in [2.75, 3.05) is 6.61 Å². The molecule has 0 aliphatic carbocycles. The van der Waals surface area contributed by atoms with Crippen molar-refractivity contribution in [3.8, 4) is 5.75 Å². The van der Waals surface area contributed by atoms with E-state index < -0.39 is 0 Å². The highest BCUT2D eigenvalue weighted by Crippen LogP contribution is 2.12. The quantitative estimate of drug-likeness (QED) is 0.685. The molecule has 0 spiro atoms. The fourth-order valence-corrected chi connectivity index (χ4v) is 0.851. The third-order valence-electron chi connectivity index (χ3n) is 1.67. The number of hydrogen-bond donors (Lipinski definition) is 2. The molecule has 3 heteroatoms. The summed E-state index contributed by atoms with van der Waals surface area (Å²) in [6.07, 6.45) is 1.57. The van der Waals surface area contributed by atoms with Gasteiger partial charge in [-0.15, -0.1) is 0 Å². The normalized spacial score (nSPS) is 13.4. The van der Waals surface area contributed by atoms with Crippen LogP contribution in [0.1, 0.15) is 12.5 Å². The van der Waals surface area contributed by atoms with E-state index in [0.29, 0.717) is 5.56 Å². The van der Waals surface area contributed by atoms with Crippen molar-refractivity contribution in [1.29, 1.82) is 0 Å². The van der Waals surface area contributed by atoms with Crippen LogP contribution in [-0.2, 0) is 0 Å². The van der Waals surface area contributed by atoms with Crippen molar-refractivity contribution in [3.63, 3.8) is 0 Å². The van der Waals surface area contributed by atoms with Gasteiger partial charge in [-0.05, 0) is 19.1 Å². The van der Waals surface area contributed by atoms with Crippen molar-refractivity contribution in [2.45, 2.75) is 13.0 Å². The lowest BCUT2D eigenvalue weighted by atomic mass is 10.2. The molecule has 13 heavy (non-hydrogen) atoms. The molecule has 0 saturated heterocycles. The largest absolute Gasteiger partial charge is 0.507 e. The van der Waals surface area contributed by atoms with E-state index >= 15 is 0 Å². The van der Waals surface area contributed by atoms with Crippen molar-refractivity contribution in [3.05, 3.63) is 29.8 Å². The highest BCUT2D eigenvalue weighted by molar-refractivity contribution is 5.83. The van der Waals surface area contributed by atoms with Gasteiger partial charge in [-0.25, -0.2) is 0 Å². The Kier molecular flexibility index (Phi) is 3.46. The number of aliphatic hydroxyl groups is 1. The van der Waals surface area contributed by atoms with Crippen LogP contribution in [0.4, 0.5) is 0 Å². The van der Waals surface area contributed by atoms with Gasteiger partial charge in [0.2, 0.25) is 0 Å². The standard InChI is InChI=1S/C10H13NO2/c1-8(7-12)11-6-9-4-2-3-5-10(9)13/h2-6,8,12-13H,7H2,1H3/b11-6+/t8-/m1/s1. The summed E-state index contributed by atoms with van der Waals surface area (Å²) in [5, 5.41) is 18.0. The van der Waals surface area contributed by atoms with E-state index in [2.05, 4.69) is 4.99 Å². The summed E-state index contributed by atoms with van der Waals surface area (Å²) in [6.45, 7) is 1.82. The predicted molar refractivity (Wildman–Crippen MR) is 52.2 cm³/mol. The molecule has 1 aromatic rings. The maximum atomic E-state index is 9.34. The van der Waals surface area contributed by atoms with Crippen LogP contribution in [0.2, 0.25) is 0 Å². The maximum Gasteiger partial charge on any atom is 0.124 e. The van der Waals surface area contributed by atoms with Gasteiger partial charge < -0.3 is 10.2 Å². The van der Waals surface area contributed by atoms with Crippen LogP contribution < -0.4 is 0 Å². The first-order chi connectivity index (χ1) is 6.24. The Hall–Kier alpha value is -1.35. The summed E-state index contributed by atoms with van der Waals surface area (Å²) in [6, 6.07) is 6.82. The number of phenolic OH excluding ortho intramolecular Hbond substituents is 1. The fourth-order valence-electron chi connectivity index (χ4n) is 0.851. The Morgan fingerprint density at radius 1 is 1.46 bits per heavy atom. The van der Waals surface area contributed by atoms with Crippen LogP contribution in [0, 0.1) is 0 Å². The zero-order valence-electron chi connectivity index (χ0n) is 7.51. The van der Waals surface area contributed by atoms with E-state index in [4.69, 9.17) is 5.11 Å². The number of hydrogen-bond acceptors (Lipinski definition) is 3. The first-order valence-corrected chi connectivity index (χ1v) is 4.16. The van der Waals surface area contributed by atoms with Crippen molar-refractivity contribution < 1.29 is 10.2 Å². The molecule has 1 rings (SSSR count). The molecule has 0 unspecified atom stereocenters. The molecule has 0 amide bonds. The number of nitrogens with zero attached hydrogens (tertiary/aromatic N) is 1. The summed E-state index contributed by atoms with van der Waals surface area (Å²) in [5.74, 6) is 0.205. The summed E-state index contributed by atoms with van der Waals surface area (Å²) in [7, 11) is 0. The first kappa shape index (κ1) is 9.74. The van der Waals surface area contributed by atoms with E-state index in [-0.39, 0.29) is 18.4 Å².